The van der Waals surface area contributed by atoms with E-state index in [-0.39, 0.29) is 5.88 Å². The third kappa shape index (κ3) is 7.02. The summed E-state index contributed by atoms with van der Waals surface area (Å²) in [6.45, 7) is 0. The maximum Gasteiger partial charge on any atom is 0.144 e. The highest BCUT2D eigenvalue weighted by Gasteiger charge is 2.08. The molecule has 78 valence electrons. The van der Waals surface area contributed by atoms with Gasteiger partial charge < -0.3 is 4.79 Å². The summed E-state index contributed by atoms with van der Waals surface area (Å²) in [4.78, 5) is 9.95. The lowest BCUT2D eigenvalue weighted by Gasteiger charge is -2.04. The molecule has 0 rings (SSSR count). The van der Waals surface area contributed by atoms with Gasteiger partial charge in [-0.3, -0.25) is 0 Å². The fraction of sp³-hybridized carbons (Fsp3) is 0.875. The van der Waals surface area contributed by atoms with Crippen LogP contribution >= 0.6 is 11.6 Å². The van der Waals surface area contributed by atoms with Crippen LogP contribution in [0.3, 0.4) is 0 Å². The van der Waals surface area contributed by atoms with Crippen molar-refractivity contribution in [3.63, 3.8) is 0 Å². The third-order valence-electron chi connectivity index (χ3n) is 1.84. The molecule has 13 heavy (non-hydrogen) atoms. The van der Waals surface area contributed by atoms with E-state index >= 15 is 0 Å². The van der Waals surface area contributed by atoms with Gasteiger partial charge in [-0.25, -0.2) is 8.42 Å². The third-order valence-corrected chi connectivity index (χ3v) is 3.46. The Morgan fingerprint density at radius 2 is 1.92 bits per heavy atom. The van der Waals surface area contributed by atoms with Crippen LogP contribution in [0.5, 0.6) is 0 Å². The van der Waals surface area contributed by atoms with Crippen molar-refractivity contribution in [1.29, 1.82) is 0 Å². The van der Waals surface area contributed by atoms with E-state index in [2.05, 4.69) is 0 Å². The molecule has 5 heteroatoms. The number of unbranched alkanes of at least 4 members (excludes halogenated alkanes) is 3. The zero-order valence-electron chi connectivity index (χ0n) is 7.45. The van der Waals surface area contributed by atoms with Crippen molar-refractivity contribution in [2.45, 2.75) is 37.4 Å². The molecule has 0 aliphatic heterocycles. The van der Waals surface area contributed by atoms with Crippen LogP contribution in [0, 0.1) is 0 Å². The van der Waals surface area contributed by atoms with Gasteiger partial charge >= 0.3 is 0 Å². The van der Waals surface area contributed by atoms with E-state index in [1.807, 2.05) is 0 Å². The zero-order chi connectivity index (χ0) is 10.1. The van der Waals surface area contributed by atoms with Crippen molar-refractivity contribution in [3.8, 4) is 0 Å². The van der Waals surface area contributed by atoms with Gasteiger partial charge in [-0.1, -0.05) is 12.8 Å². The van der Waals surface area contributed by atoms with Crippen molar-refractivity contribution in [3.05, 3.63) is 0 Å². The molecule has 0 heterocycles. The van der Waals surface area contributed by atoms with E-state index in [0.29, 0.717) is 12.8 Å². The quantitative estimate of drug-likeness (QED) is 0.294. The number of rotatable bonds is 8. The largest absolute Gasteiger partial charge is 0.303 e. The number of alkyl halides is 1. The molecule has 1 atom stereocenters. The van der Waals surface area contributed by atoms with Gasteiger partial charge in [0.15, 0.2) is 0 Å². The Hall–Kier alpha value is -0.0900. The van der Waals surface area contributed by atoms with E-state index < -0.39 is 16.0 Å². The Morgan fingerprint density at radius 1 is 1.23 bits per heavy atom. The summed E-state index contributed by atoms with van der Waals surface area (Å²) < 4.78 is 21.1. The first-order chi connectivity index (χ1) is 6.22. The number of hydrogen-bond donors (Lipinski definition) is 1. The highest BCUT2D eigenvalue weighted by atomic mass is 35.5. The fourth-order valence-electron chi connectivity index (χ4n) is 1.02. The monoisotopic (exact) mass is 226 g/mol. The van der Waals surface area contributed by atoms with E-state index in [4.69, 9.17) is 11.6 Å². The standard InChI is InChI=1S/C8H15ClO3S/c9-7-8(13(11)12)5-3-1-2-4-6-10/h6,8,13H,1-5,7H2. The lowest BCUT2D eigenvalue weighted by atomic mass is 10.1. The summed E-state index contributed by atoms with van der Waals surface area (Å²) in [5.41, 5.74) is 0. The smallest absolute Gasteiger partial charge is 0.144 e. The molecule has 0 aromatic heterocycles. The van der Waals surface area contributed by atoms with Crippen LogP contribution in [-0.4, -0.2) is 25.8 Å². The molecule has 0 amide bonds. The minimum atomic E-state index is -2.39. The highest BCUT2D eigenvalue weighted by Crippen LogP contribution is 2.08. The summed E-state index contributed by atoms with van der Waals surface area (Å²) in [5, 5.41) is -0.395. The van der Waals surface area contributed by atoms with Gasteiger partial charge in [0.1, 0.15) is 17.0 Å². The van der Waals surface area contributed by atoms with Crippen LogP contribution in [0.15, 0.2) is 0 Å². The Balaban J connectivity index is 3.44. The molecule has 0 aliphatic rings. The molecule has 0 radical (unpaired) electrons. The molecule has 1 unspecified atom stereocenters. The van der Waals surface area contributed by atoms with Crippen molar-refractivity contribution < 1.29 is 13.2 Å². The van der Waals surface area contributed by atoms with Gasteiger partial charge in [0.2, 0.25) is 0 Å². The molecule has 0 aromatic carbocycles. The Morgan fingerprint density at radius 3 is 2.38 bits per heavy atom. The first-order valence-corrected chi connectivity index (χ1v) is 6.13. The number of thiol groups is 1. The number of hydrogen-bond acceptors (Lipinski definition) is 3. The van der Waals surface area contributed by atoms with Gasteiger partial charge in [0.05, 0.1) is 5.25 Å². The molecular weight excluding hydrogens is 212 g/mol. The summed E-state index contributed by atoms with van der Waals surface area (Å²) in [6.07, 6.45) is 4.63. The average Bonchev–Trinajstić information content (AvgIpc) is 2.10. The van der Waals surface area contributed by atoms with Crippen LogP contribution in [0.4, 0.5) is 0 Å². The molecule has 0 spiro atoms. The van der Waals surface area contributed by atoms with Gasteiger partial charge in [0, 0.05) is 12.3 Å². The first-order valence-electron chi connectivity index (χ1n) is 4.35. The highest BCUT2D eigenvalue weighted by molar-refractivity contribution is 7.73. The van der Waals surface area contributed by atoms with E-state index in [1.165, 1.54) is 0 Å². The second-order valence-corrected chi connectivity index (χ2v) is 4.51. The maximum absolute atomic E-state index is 10.5. The predicted octanol–water partition coefficient (Wildman–Crippen LogP) is 1.35. The average molecular weight is 227 g/mol. The van der Waals surface area contributed by atoms with Crippen molar-refractivity contribution in [1.82, 2.24) is 0 Å². The topological polar surface area (TPSA) is 51.2 Å². The van der Waals surface area contributed by atoms with Crippen LogP contribution in [-0.2, 0) is 15.5 Å². The number of aldehydes is 1. The summed E-state index contributed by atoms with van der Waals surface area (Å²) >= 11 is 5.46. The first kappa shape index (κ1) is 12.9. The lowest BCUT2D eigenvalue weighted by molar-refractivity contribution is -0.107. The Kier molecular flexibility index (Phi) is 8.45. The molecule has 3 nitrogen and oxygen atoms in total. The Bertz CT molecular complexity index is 196. The molecular formula is C8H15ClO3S. The van der Waals surface area contributed by atoms with Gasteiger partial charge in [-0.15, -0.1) is 11.6 Å². The van der Waals surface area contributed by atoms with E-state index in [0.717, 1.165) is 25.5 Å². The molecule has 0 N–H and O–H groups in total. The number of carbonyl (C=O) groups excluding carboxylic acids is 1. The van der Waals surface area contributed by atoms with Crippen LogP contribution in [0.2, 0.25) is 0 Å². The second-order valence-electron chi connectivity index (χ2n) is 2.90. The minimum absolute atomic E-state index is 0.173. The molecule has 0 aromatic rings. The summed E-state index contributed by atoms with van der Waals surface area (Å²) in [7, 11) is -2.39. The molecule has 0 bridgehead atoms. The fourth-order valence-corrected chi connectivity index (χ4v) is 2.02. The minimum Gasteiger partial charge on any atom is -0.303 e. The van der Waals surface area contributed by atoms with Crippen LogP contribution in [0.25, 0.3) is 0 Å². The van der Waals surface area contributed by atoms with Crippen molar-refractivity contribution in [2.24, 2.45) is 0 Å². The van der Waals surface area contributed by atoms with Crippen molar-refractivity contribution in [2.75, 3.05) is 5.88 Å². The molecule has 0 saturated carbocycles. The van der Waals surface area contributed by atoms with E-state index in [1.54, 1.807) is 0 Å². The number of carbonyl (C=O) groups is 1. The SMILES string of the molecule is O=CCCCCCC(CCl)[SH](=O)=O. The molecule has 0 aliphatic carbocycles. The summed E-state index contributed by atoms with van der Waals surface area (Å²) in [5.74, 6) is 0.173. The molecule has 0 fully saturated rings. The molecule has 0 saturated heterocycles. The maximum atomic E-state index is 10.5. The normalized spacial score (nSPS) is 13.1. The van der Waals surface area contributed by atoms with Gasteiger partial charge in [0.25, 0.3) is 0 Å². The van der Waals surface area contributed by atoms with Gasteiger partial charge in [-0.2, -0.15) is 0 Å². The Labute approximate surface area is 85.4 Å². The zero-order valence-corrected chi connectivity index (χ0v) is 9.10. The van der Waals surface area contributed by atoms with Crippen molar-refractivity contribution >= 4 is 28.6 Å². The van der Waals surface area contributed by atoms with Crippen LogP contribution in [0.1, 0.15) is 32.1 Å². The second kappa shape index (κ2) is 8.51. The predicted molar refractivity (Wildman–Crippen MR) is 54.0 cm³/mol. The van der Waals surface area contributed by atoms with Crippen LogP contribution < -0.4 is 0 Å². The van der Waals surface area contributed by atoms with E-state index in [9.17, 15) is 13.2 Å². The lowest BCUT2D eigenvalue weighted by Crippen LogP contribution is -2.11. The summed E-state index contributed by atoms with van der Waals surface area (Å²) in [6, 6.07) is 0. The van der Waals surface area contributed by atoms with Gasteiger partial charge in [-0.05, 0) is 12.8 Å². The number of halogens is 1.